The monoisotopic (exact) mass is 674 g/mol. The zero-order valence-corrected chi connectivity index (χ0v) is 31.1. The molecule has 50 heavy (non-hydrogen) atoms. The van der Waals surface area contributed by atoms with Crippen LogP contribution in [0.1, 0.15) is 137 Å². The minimum absolute atomic E-state index is 0.000920. The molecule has 0 spiro atoms. The van der Waals surface area contributed by atoms with Gasteiger partial charge in [0.1, 0.15) is 0 Å². The van der Waals surface area contributed by atoms with Crippen LogP contribution in [0.15, 0.2) is 97.1 Å². The third-order valence-electron chi connectivity index (χ3n) is 12.5. The second-order valence-corrected chi connectivity index (χ2v) is 15.2. The Kier molecular flexibility index (Phi) is 12.9. The lowest BCUT2D eigenvalue weighted by molar-refractivity contribution is -0.00163. The van der Waals surface area contributed by atoms with Gasteiger partial charge in [0, 0.05) is 23.2 Å². The van der Waals surface area contributed by atoms with E-state index < -0.39 is 0 Å². The Bertz CT molecular complexity index is 1520. The van der Waals surface area contributed by atoms with Crippen molar-refractivity contribution in [3.8, 4) is 0 Å². The van der Waals surface area contributed by atoms with Gasteiger partial charge in [0.25, 0.3) is 0 Å². The predicted octanol–water partition coefficient (Wildman–Crippen LogP) is 10.6. The molecule has 2 aliphatic carbocycles. The molecule has 4 aromatic carbocycles. The highest BCUT2D eigenvalue weighted by molar-refractivity contribution is 5.51. The number of anilines is 2. The fourth-order valence-corrected chi connectivity index (χ4v) is 9.14. The number of benzene rings is 4. The predicted molar refractivity (Wildman–Crippen MR) is 211 cm³/mol. The summed E-state index contributed by atoms with van der Waals surface area (Å²) in [7, 11) is 0. The minimum Gasteiger partial charge on any atom is -0.399 e. The molecule has 6 atom stereocenters. The topological polar surface area (TPSA) is 92.5 Å². The van der Waals surface area contributed by atoms with Crippen LogP contribution in [0.2, 0.25) is 0 Å². The molecule has 0 unspecified atom stereocenters. The third-order valence-corrected chi connectivity index (χ3v) is 12.5. The first-order valence-corrected chi connectivity index (χ1v) is 19.4. The quantitative estimate of drug-likeness (QED) is 0.0995. The van der Waals surface area contributed by atoms with Gasteiger partial charge in [0.15, 0.2) is 0 Å². The van der Waals surface area contributed by atoms with E-state index in [0.717, 1.165) is 62.7 Å². The van der Waals surface area contributed by atoms with Crippen LogP contribution < -0.4 is 11.5 Å². The van der Waals surface area contributed by atoms with Crippen LogP contribution in [-0.2, 0) is 12.8 Å². The number of aliphatic hydroxyl groups is 2. The van der Waals surface area contributed by atoms with E-state index in [-0.39, 0.29) is 34.9 Å². The zero-order chi connectivity index (χ0) is 35.7. The van der Waals surface area contributed by atoms with Gasteiger partial charge < -0.3 is 21.7 Å². The number of nitrogen functional groups attached to an aromatic ring is 2. The van der Waals surface area contributed by atoms with Crippen molar-refractivity contribution < 1.29 is 10.2 Å². The van der Waals surface area contributed by atoms with E-state index in [1.807, 2.05) is 24.3 Å². The summed E-state index contributed by atoms with van der Waals surface area (Å²) in [6.07, 6.45) is 12.3. The van der Waals surface area contributed by atoms with Gasteiger partial charge in [-0.15, -0.1) is 0 Å². The van der Waals surface area contributed by atoms with Gasteiger partial charge in [-0.05, 0) is 120 Å². The van der Waals surface area contributed by atoms with Crippen molar-refractivity contribution in [1.29, 1.82) is 0 Å². The molecule has 6 rings (SSSR count). The first-order valence-electron chi connectivity index (χ1n) is 19.4. The molecule has 0 radical (unpaired) electrons. The molecule has 0 heterocycles. The molecule has 6 N–H and O–H groups in total. The summed E-state index contributed by atoms with van der Waals surface area (Å²) in [5.74, 6) is -0.00184. The lowest BCUT2D eigenvalue weighted by Gasteiger charge is -2.40. The first-order chi connectivity index (χ1) is 24.2. The SMILES string of the molecule is CCCC[C@]1(CC)CCc2ccc(N)cc2[C@@H](c2ccccc2)[C@H]1O.CCCC[C@]1(CC)CCc2ccc(N)cc2[C@H](c2ccccc2)[C@@H]1O. The lowest BCUT2D eigenvalue weighted by atomic mass is 9.67. The molecular weight excluding hydrogens is 613 g/mol. The standard InChI is InChI=1S/2C23H31NO/c2*1-3-5-14-23(4-2)15-13-17-11-12-19(24)16-20(17)21(22(23)25)18-9-7-6-8-10-18/h2*6-12,16,21-22,25H,3-5,13-15,24H2,1-2H3/t21-,22-,23+;21-,22-,23-/m01/s1. The van der Waals surface area contributed by atoms with E-state index in [1.54, 1.807) is 0 Å². The van der Waals surface area contributed by atoms with Crippen molar-refractivity contribution in [1.82, 2.24) is 0 Å². The van der Waals surface area contributed by atoms with Crippen LogP contribution in [0.3, 0.4) is 0 Å². The Morgan fingerprint density at radius 3 is 1.28 bits per heavy atom. The van der Waals surface area contributed by atoms with Crippen molar-refractivity contribution in [3.63, 3.8) is 0 Å². The molecule has 0 amide bonds. The van der Waals surface area contributed by atoms with Crippen molar-refractivity contribution >= 4 is 11.4 Å². The summed E-state index contributed by atoms with van der Waals surface area (Å²) in [5, 5.41) is 23.3. The van der Waals surface area contributed by atoms with E-state index in [0.29, 0.717) is 0 Å². The minimum atomic E-state index is -0.380. The van der Waals surface area contributed by atoms with Crippen LogP contribution in [0, 0.1) is 10.8 Å². The number of aliphatic hydroxyl groups excluding tert-OH is 2. The molecule has 0 saturated heterocycles. The summed E-state index contributed by atoms with van der Waals surface area (Å²) in [4.78, 5) is 0. The zero-order valence-electron chi connectivity index (χ0n) is 31.1. The molecule has 0 bridgehead atoms. The van der Waals surface area contributed by atoms with E-state index in [9.17, 15) is 10.2 Å². The second kappa shape index (κ2) is 17.1. The molecule has 4 aromatic rings. The number of hydrogen-bond donors (Lipinski definition) is 4. The molecule has 0 aliphatic heterocycles. The van der Waals surface area contributed by atoms with E-state index in [2.05, 4.69) is 100 Å². The fraction of sp³-hybridized carbons (Fsp3) is 0.478. The van der Waals surface area contributed by atoms with Crippen LogP contribution >= 0.6 is 0 Å². The average molecular weight is 675 g/mol. The Morgan fingerprint density at radius 2 is 0.940 bits per heavy atom. The maximum Gasteiger partial charge on any atom is 0.0705 e. The Labute approximate surface area is 302 Å². The third kappa shape index (κ3) is 7.98. The highest BCUT2D eigenvalue weighted by atomic mass is 16.3. The van der Waals surface area contributed by atoms with Crippen LogP contribution in [0.4, 0.5) is 11.4 Å². The van der Waals surface area contributed by atoms with Crippen molar-refractivity contribution in [2.75, 3.05) is 11.5 Å². The average Bonchev–Trinajstić information content (AvgIpc) is 3.34. The normalized spacial score (nSPS) is 26.0. The summed E-state index contributed by atoms with van der Waals surface area (Å²) < 4.78 is 0. The maximum atomic E-state index is 11.6. The highest BCUT2D eigenvalue weighted by Crippen LogP contribution is 2.50. The lowest BCUT2D eigenvalue weighted by Crippen LogP contribution is -2.38. The Hall–Kier alpha value is -3.60. The van der Waals surface area contributed by atoms with Gasteiger partial charge in [-0.2, -0.15) is 0 Å². The Morgan fingerprint density at radius 1 is 0.560 bits per heavy atom. The molecule has 0 saturated carbocycles. The van der Waals surface area contributed by atoms with E-state index in [4.69, 9.17) is 11.5 Å². The van der Waals surface area contributed by atoms with Gasteiger partial charge >= 0.3 is 0 Å². The fourth-order valence-electron chi connectivity index (χ4n) is 9.14. The van der Waals surface area contributed by atoms with E-state index in [1.165, 1.54) is 59.1 Å². The van der Waals surface area contributed by atoms with Crippen molar-refractivity contribution in [3.05, 3.63) is 130 Å². The van der Waals surface area contributed by atoms with Crippen LogP contribution in [-0.4, -0.2) is 22.4 Å². The van der Waals surface area contributed by atoms with E-state index >= 15 is 0 Å². The van der Waals surface area contributed by atoms with Gasteiger partial charge in [-0.1, -0.05) is 126 Å². The summed E-state index contributed by atoms with van der Waals surface area (Å²) >= 11 is 0. The number of unbranched alkanes of at least 4 members (excludes halogenated alkanes) is 2. The smallest absolute Gasteiger partial charge is 0.0705 e. The summed E-state index contributed by atoms with van der Waals surface area (Å²) in [6.45, 7) is 8.95. The number of fused-ring (bicyclic) bond motifs is 2. The molecule has 4 nitrogen and oxygen atoms in total. The number of rotatable bonds is 10. The first kappa shape index (κ1) is 37.7. The molecule has 268 valence electrons. The van der Waals surface area contributed by atoms with Gasteiger partial charge in [0.2, 0.25) is 0 Å². The van der Waals surface area contributed by atoms with Crippen LogP contribution in [0.25, 0.3) is 0 Å². The van der Waals surface area contributed by atoms with Crippen LogP contribution in [0.5, 0.6) is 0 Å². The maximum absolute atomic E-state index is 11.6. The van der Waals surface area contributed by atoms with Crippen molar-refractivity contribution in [2.45, 2.75) is 129 Å². The number of hydrogen-bond acceptors (Lipinski definition) is 4. The number of nitrogens with two attached hydrogens (primary N) is 2. The van der Waals surface area contributed by atoms with Gasteiger partial charge in [0.05, 0.1) is 12.2 Å². The largest absolute Gasteiger partial charge is 0.399 e. The molecular formula is C46H62N2O2. The summed E-state index contributed by atoms with van der Waals surface area (Å²) in [5.41, 5.74) is 21.2. The van der Waals surface area contributed by atoms with Gasteiger partial charge in [-0.3, -0.25) is 0 Å². The highest BCUT2D eigenvalue weighted by Gasteiger charge is 2.45. The Balaban J connectivity index is 0.000000194. The van der Waals surface area contributed by atoms with Crippen molar-refractivity contribution in [2.24, 2.45) is 10.8 Å². The number of aryl methyl sites for hydroxylation is 2. The molecule has 0 aromatic heterocycles. The van der Waals surface area contributed by atoms with Gasteiger partial charge in [-0.25, -0.2) is 0 Å². The second-order valence-electron chi connectivity index (χ2n) is 15.2. The molecule has 2 aliphatic rings. The summed E-state index contributed by atoms with van der Waals surface area (Å²) in [6, 6.07) is 33.4. The molecule has 4 heteroatoms. The molecule has 0 fully saturated rings.